The lowest BCUT2D eigenvalue weighted by Crippen LogP contribution is -2.42. The number of rotatable bonds is 4. The van der Waals surface area contributed by atoms with Gasteiger partial charge in [0.25, 0.3) is 0 Å². The van der Waals surface area contributed by atoms with E-state index in [-0.39, 0.29) is 0 Å². The monoisotopic (exact) mass is 222 g/mol. The van der Waals surface area contributed by atoms with Crippen LogP contribution in [0.4, 0.5) is 0 Å². The van der Waals surface area contributed by atoms with Crippen molar-refractivity contribution in [3.05, 3.63) is 0 Å². The maximum Gasteiger partial charge on any atom is 0.0991 e. The van der Waals surface area contributed by atoms with Crippen molar-refractivity contribution in [2.24, 2.45) is 11.8 Å². The molecule has 2 aliphatic carbocycles. The summed E-state index contributed by atoms with van der Waals surface area (Å²) in [5.74, 6) is 2.41. The third-order valence-corrected chi connectivity index (χ3v) is 4.08. The molecule has 16 heavy (non-hydrogen) atoms. The number of nitrogens with one attached hydrogen (secondary N) is 1. The van der Waals surface area contributed by atoms with E-state index in [1.807, 2.05) is 0 Å². The lowest BCUT2D eigenvalue weighted by Gasteiger charge is -2.35. The lowest BCUT2D eigenvalue weighted by molar-refractivity contribution is 0.298. The molecule has 0 aromatic heterocycles. The fourth-order valence-corrected chi connectivity index (χ4v) is 2.78. The van der Waals surface area contributed by atoms with E-state index in [1.165, 1.54) is 44.9 Å². The summed E-state index contributed by atoms with van der Waals surface area (Å²) in [6, 6.07) is 0.509. The van der Waals surface area contributed by atoms with Crippen molar-refractivity contribution in [3.8, 4) is 0 Å². The van der Waals surface area contributed by atoms with Gasteiger partial charge in [-0.3, -0.25) is 5.41 Å². The molecule has 0 unspecified atom stereocenters. The minimum Gasteiger partial charge on any atom is -0.358 e. The van der Waals surface area contributed by atoms with Gasteiger partial charge in [-0.25, -0.2) is 0 Å². The Hall–Kier alpha value is -0.530. The standard InChI is InChI=1S/C14H26N2/c1-11(2)16(10-12-8-9-12)14(15)13-6-4-3-5-7-13/h11-13,15H,3-10H2,1-2H3. The molecule has 0 atom stereocenters. The molecule has 1 N–H and O–H groups in total. The van der Waals surface area contributed by atoms with Crippen molar-refractivity contribution in [2.75, 3.05) is 6.54 Å². The maximum atomic E-state index is 8.42. The van der Waals surface area contributed by atoms with Crippen molar-refractivity contribution in [2.45, 2.75) is 64.8 Å². The molecule has 0 spiro atoms. The highest BCUT2D eigenvalue weighted by Crippen LogP contribution is 2.32. The summed E-state index contributed by atoms with van der Waals surface area (Å²) >= 11 is 0. The third kappa shape index (κ3) is 2.99. The second kappa shape index (κ2) is 5.20. The average molecular weight is 222 g/mol. The van der Waals surface area contributed by atoms with Crippen LogP contribution in [-0.4, -0.2) is 23.3 Å². The van der Waals surface area contributed by atoms with Gasteiger partial charge in [0.05, 0.1) is 5.84 Å². The third-order valence-electron chi connectivity index (χ3n) is 4.08. The Balaban J connectivity index is 1.91. The van der Waals surface area contributed by atoms with Crippen LogP contribution in [0.5, 0.6) is 0 Å². The molecule has 2 fully saturated rings. The summed E-state index contributed by atoms with van der Waals surface area (Å²) < 4.78 is 0. The molecule has 2 rings (SSSR count). The number of nitrogens with zero attached hydrogens (tertiary/aromatic N) is 1. The predicted molar refractivity (Wildman–Crippen MR) is 68.9 cm³/mol. The first-order valence-corrected chi connectivity index (χ1v) is 7.03. The first-order chi connectivity index (χ1) is 7.68. The van der Waals surface area contributed by atoms with Crippen LogP contribution in [0, 0.1) is 17.2 Å². The zero-order valence-electron chi connectivity index (χ0n) is 10.8. The first kappa shape index (κ1) is 11.9. The second-order valence-corrected chi connectivity index (χ2v) is 5.91. The summed E-state index contributed by atoms with van der Waals surface area (Å²) in [7, 11) is 0. The highest BCUT2D eigenvalue weighted by molar-refractivity contribution is 5.82. The quantitative estimate of drug-likeness (QED) is 0.570. The van der Waals surface area contributed by atoms with Crippen molar-refractivity contribution in [1.82, 2.24) is 4.90 Å². The van der Waals surface area contributed by atoms with Gasteiger partial charge >= 0.3 is 0 Å². The van der Waals surface area contributed by atoms with Gasteiger partial charge in [-0.2, -0.15) is 0 Å². The average Bonchev–Trinajstić information content (AvgIpc) is 3.09. The Kier molecular flexibility index (Phi) is 3.88. The SMILES string of the molecule is CC(C)N(CC1CC1)C(=N)C1CCCCC1. The molecule has 0 heterocycles. The molecule has 2 saturated carbocycles. The molecule has 0 amide bonds. The molecule has 0 bridgehead atoms. The van der Waals surface area contributed by atoms with E-state index < -0.39 is 0 Å². The summed E-state index contributed by atoms with van der Waals surface area (Å²) in [5, 5.41) is 8.42. The highest BCUT2D eigenvalue weighted by Gasteiger charge is 2.29. The minimum absolute atomic E-state index is 0.509. The molecule has 2 nitrogen and oxygen atoms in total. The molecule has 0 radical (unpaired) electrons. The largest absolute Gasteiger partial charge is 0.358 e. The van der Waals surface area contributed by atoms with Crippen LogP contribution in [-0.2, 0) is 0 Å². The van der Waals surface area contributed by atoms with Gasteiger partial charge in [0.1, 0.15) is 0 Å². The Morgan fingerprint density at radius 3 is 2.25 bits per heavy atom. The minimum atomic E-state index is 0.509. The maximum absolute atomic E-state index is 8.42. The van der Waals surface area contributed by atoms with Crippen LogP contribution in [0.3, 0.4) is 0 Å². The van der Waals surface area contributed by atoms with Gasteiger partial charge in [-0.05, 0) is 45.4 Å². The molecule has 0 aromatic rings. The first-order valence-electron chi connectivity index (χ1n) is 7.03. The summed E-state index contributed by atoms with van der Waals surface area (Å²) in [5.41, 5.74) is 0. The van der Waals surface area contributed by atoms with Gasteiger partial charge in [0.15, 0.2) is 0 Å². The normalized spacial score (nSPS) is 22.4. The Morgan fingerprint density at radius 2 is 1.75 bits per heavy atom. The van der Waals surface area contributed by atoms with E-state index in [1.54, 1.807) is 0 Å². The second-order valence-electron chi connectivity index (χ2n) is 5.91. The molecule has 2 heteroatoms. The van der Waals surface area contributed by atoms with Crippen LogP contribution in [0.25, 0.3) is 0 Å². The Morgan fingerprint density at radius 1 is 1.12 bits per heavy atom. The predicted octanol–water partition coefficient (Wildman–Crippen LogP) is 3.66. The van der Waals surface area contributed by atoms with Crippen LogP contribution in [0.2, 0.25) is 0 Å². The van der Waals surface area contributed by atoms with E-state index in [9.17, 15) is 0 Å². The van der Waals surface area contributed by atoms with Crippen LogP contribution in [0.15, 0.2) is 0 Å². The molecule has 0 aromatic carbocycles. The molecule has 0 saturated heterocycles. The highest BCUT2D eigenvalue weighted by atomic mass is 15.2. The number of hydrogen-bond acceptors (Lipinski definition) is 1. The van der Waals surface area contributed by atoms with Crippen LogP contribution < -0.4 is 0 Å². The van der Waals surface area contributed by atoms with Gasteiger partial charge in [-0.15, -0.1) is 0 Å². The molecular formula is C14H26N2. The van der Waals surface area contributed by atoms with Crippen molar-refractivity contribution < 1.29 is 0 Å². The van der Waals surface area contributed by atoms with Crippen LogP contribution >= 0.6 is 0 Å². The van der Waals surface area contributed by atoms with Gasteiger partial charge in [0, 0.05) is 18.5 Å². The smallest absolute Gasteiger partial charge is 0.0991 e. The molecule has 92 valence electrons. The Labute approximate surface area is 99.9 Å². The fraction of sp³-hybridized carbons (Fsp3) is 0.929. The van der Waals surface area contributed by atoms with Gasteiger partial charge in [0.2, 0.25) is 0 Å². The molecule has 0 aliphatic heterocycles. The summed E-state index contributed by atoms with van der Waals surface area (Å²) in [6.07, 6.45) is 9.35. The lowest BCUT2D eigenvalue weighted by atomic mass is 9.87. The number of amidine groups is 1. The van der Waals surface area contributed by atoms with E-state index in [0.717, 1.165) is 18.3 Å². The number of hydrogen-bond donors (Lipinski definition) is 1. The fourth-order valence-electron chi connectivity index (χ4n) is 2.78. The van der Waals surface area contributed by atoms with E-state index in [0.29, 0.717) is 12.0 Å². The molecular weight excluding hydrogens is 196 g/mol. The zero-order chi connectivity index (χ0) is 11.5. The van der Waals surface area contributed by atoms with Gasteiger partial charge in [-0.1, -0.05) is 19.3 Å². The summed E-state index contributed by atoms with van der Waals surface area (Å²) in [6.45, 7) is 5.62. The van der Waals surface area contributed by atoms with Gasteiger partial charge < -0.3 is 4.90 Å². The van der Waals surface area contributed by atoms with Crippen molar-refractivity contribution >= 4 is 5.84 Å². The van der Waals surface area contributed by atoms with E-state index >= 15 is 0 Å². The van der Waals surface area contributed by atoms with Crippen molar-refractivity contribution in [1.29, 1.82) is 5.41 Å². The zero-order valence-corrected chi connectivity index (χ0v) is 10.8. The Bertz CT molecular complexity index is 237. The van der Waals surface area contributed by atoms with Crippen LogP contribution in [0.1, 0.15) is 58.8 Å². The van der Waals surface area contributed by atoms with Crippen molar-refractivity contribution in [3.63, 3.8) is 0 Å². The molecule has 2 aliphatic rings. The van der Waals surface area contributed by atoms with E-state index in [4.69, 9.17) is 5.41 Å². The van der Waals surface area contributed by atoms with E-state index in [2.05, 4.69) is 18.7 Å². The topological polar surface area (TPSA) is 27.1 Å². The summed E-state index contributed by atoms with van der Waals surface area (Å²) in [4.78, 5) is 2.37.